The van der Waals surface area contributed by atoms with E-state index in [0.29, 0.717) is 37.5 Å². The van der Waals surface area contributed by atoms with Gasteiger partial charge in [0.15, 0.2) is 0 Å². The standard InChI is InChI=1S/C18H22Cl2N2O3S/c1-17(12-18(17,19)20)16(23)21-7-9-22(10-8-21)26(24,25)15-6-5-13-3-2-4-14(13)11-15/h5-6,11H,2-4,7-10,12H2,1H3. The largest absolute Gasteiger partial charge is 0.339 e. The maximum atomic E-state index is 13.0. The Morgan fingerprint density at radius 3 is 2.31 bits per heavy atom. The minimum absolute atomic E-state index is 0.0860. The van der Waals surface area contributed by atoms with E-state index in [1.165, 1.54) is 9.87 Å². The van der Waals surface area contributed by atoms with Gasteiger partial charge in [-0.15, -0.1) is 23.2 Å². The van der Waals surface area contributed by atoms with E-state index in [2.05, 4.69) is 0 Å². The van der Waals surface area contributed by atoms with Gasteiger partial charge in [0, 0.05) is 26.2 Å². The van der Waals surface area contributed by atoms with Crippen molar-refractivity contribution < 1.29 is 13.2 Å². The molecule has 1 aliphatic heterocycles. The van der Waals surface area contributed by atoms with Crippen LogP contribution < -0.4 is 0 Å². The van der Waals surface area contributed by atoms with Crippen LogP contribution in [0.25, 0.3) is 0 Å². The average Bonchev–Trinajstić information content (AvgIpc) is 2.97. The Morgan fingerprint density at radius 2 is 1.69 bits per heavy atom. The minimum Gasteiger partial charge on any atom is -0.339 e. The first kappa shape index (κ1) is 18.5. The van der Waals surface area contributed by atoms with Crippen molar-refractivity contribution in [3.05, 3.63) is 29.3 Å². The zero-order valence-corrected chi connectivity index (χ0v) is 17.0. The molecule has 0 aromatic heterocycles. The number of carbonyl (C=O) groups excluding carboxylic acids is 1. The smallest absolute Gasteiger partial charge is 0.243 e. The lowest BCUT2D eigenvalue weighted by molar-refractivity contribution is -0.137. The second kappa shape index (κ2) is 6.09. The number of hydrogen-bond donors (Lipinski definition) is 0. The summed E-state index contributed by atoms with van der Waals surface area (Å²) in [6.07, 6.45) is 3.49. The number of sulfonamides is 1. The van der Waals surface area contributed by atoms with Gasteiger partial charge in [-0.25, -0.2) is 8.42 Å². The Morgan fingerprint density at radius 1 is 1.08 bits per heavy atom. The SMILES string of the molecule is CC1(C(=O)N2CCN(S(=O)(=O)c3ccc4c(c3)CCC4)CC2)CC1(Cl)Cl. The van der Waals surface area contributed by atoms with Gasteiger partial charge in [0.1, 0.15) is 4.33 Å². The predicted octanol–water partition coefficient (Wildman–Crippen LogP) is 2.59. The van der Waals surface area contributed by atoms with E-state index in [-0.39, 0.29) is 5.91 Å². The molecule has 0 bridgehead atoms. The number of benzene rings is 1. The molecule has 1 saturated carbocycles. The second-order valence-corrected chi connectivity index (χ2v) is 11.1. The first-order chi connectivity index (χ1) is 12.1. The van der Waals surface area contributed by atoms with Crippen molar-refractivity contribution in [3.8, 4) is 0 Å². The van der Waals surface area contributed by atoms with E-state index in [1.807, 2.05) is 12.1 Å². The molecule has 5 nitrogen and oxygen atoms in total. The van der Waals surface area contributed by atoms with Crippen LogP contribution in [-0.4, -0.2) is 54.0 Å². The molecule has 1 aromatic rings. The van der Waals surface area contributed by atoms with Crippen molar-refractivity contribution in [2.75, 3.05) is 26.2 Å². The normalized spacial score (nSPS) is 28.0. The lowest BCUT2D eigenvalue weighted by Crippen LogP contribution is -2.52. The van der Waals surface area contributed by atoms with Crippen molar-refractivity contribution in [1.29, 1.82) is 0 Å². The Balaban J connectivity index is 1.45. The van der Waals surface area contributed by atoms with Gasteiger partial charge in [-0.2, -0.15) is 4.31 Å². The number of fused-ring (bicyclic) bond motifs is 1. The highest BCUT2D eigenvalue weighted by molar-refractivity contribution is 7.89. The molecule has 0 radical (unpaired) electrons. The molecule has 26 heavy (non-hydrogen) atoms. The molecule has 1 amide bonds. The molecule has 1 atom stereocenters. The van der Waals surface area contributed by atoms with Gasteiger partial charge in [0.05, 0.1) is 10.3 Å². The number of rotatable bonds is 3. The fraction of sp³-hybridized carbons (Fsp3) is 0.611. The average molecular weight is 417 g/mol. The van der Waals surface area contributed by atoms with Gasteiger partial charge in [-0.3, -0.25) is 4.79 Å². The van der Waals surface area contributed by atoms with Crippen LogP contribution in [0, 0.1) is 5.41 Å². The number of halogens is 2. The summed E-state index contributed by atoms with van der Waals surface area (Å²) in [5, 5.41) is 0. The lowest BCUT2D eigenvalue weighted by atomic mass is 10.1. The Labute approximate surface area is 164 Å². The molecule has 1 unspecified atom stereocenters. The van der Waals surface area contributed by atoms with Crippen LogP contribution in [0.5, 0.6) is 0 Å². The summed E-state index contributed by atoms with van der Waals surface area (Å²) in [7, 11) is -3.53. The van der Waals surface area contributed by atoms with Crippen LogP contribution in [-0.2, 0) is 27.7 Å². The van der Waals surface area contributed by atoms with Crippen molar-refractivity contribution in [3.63, 3.8) is 0 Å². The molecule has 2 aliphatic carbocycles. The van der Waals surface area contributed by atoms with Crippen LogP contribution in [0.15, 0.2) is 23.1 Å². The van der Waals surface area contributed by atoms with Crippen molar-refractivity contribution in [2.24, 2.45) is 5.41 Å². The third-order valence-electron chi connectivity index (χ3n) is 5.96. The fourth-order valence-corrected chi connectivity index (χ4v) is 6.14. The molecule has 1 heterocycles. The molecule has 142 valence electrons. The maximum Gasteiger partial charge on any atom is 0.243 e. The van der Waals surface area contributed by atoms with Crippen LogP contribution >= 0.6 is 23.2 Å². The van der Waals surface area contributed by atoms with Crippen LogP contribution in [0.1, 0.15) is 30.9 Å². The Bertz CT molecular complexity index is 863. The zero-order valence-electron chi connectivity index (χ0n) is 14.7. The molecule has 3 aliphatic rings. The van der Waals surface area contributed by atoms with Gasteiger partial charge in [-0.05, 0) is 55.9 Å². The third-order valence-corrected chi connectivity index (χ3v) is 8.96. The minimum atomic E-state index is -3.53. The van der Waals surface area contributed by atoms with Crippen molar-refractivity contribution in [1.82, 2.24) is 9.21 Å². The summed E-state index contributed by atoms with van der Waals surface area (Å²) in [6.45, 7) is 3.07. The molecule has 4 rings (SSSR count). The summed E-state index contributed by atoms with van der Waals surface area (Å²) in [5.41, 5.74) is 1.64. The summed E-state index contributed by atoms with van der Waals surface area (Å²) < 4.78 is 26.4. The number of piperazine rings is 1. The summed E-state index contributed by atoms with van der Waals surface area (Å²) in [6, 6.07) is 5.46. The molecule has 1 saturated heterocycles. The van der Waals surface area contributed by atoms with E-state index in [1.54, 1.807) is 17.9 Å². The second-order valence-electron chi connectivity index (χ2n) is 7.69. The highest BCUT2D eigenvalue weighted by Gasteiger charge is 2.68. The van der Waals surface area contributed by atoms with Crippen molar-refractivity contribution >= 4 is 39.1 Å². The number of hydrogen-bond acceptors (Lipinski definition) is 3. The number of amides is 1. The van der Waals surface area contributed by atoms with E-state index in [9.17, 15) is 13.2 Å². The van der Waals surface area contributed by atoms with Crippen LogP contribution in [0.3, 0.4) is 0 Å². The number of alkyl halides is 2. The first-order valence-electron chi connectivity index (χ1n) is 8.94. The zero-order chi connectivity index (χ0) is 18.7. The number of nitrogens with zero attached hydrogens (tertiary/aromatic N) is 2. The van der Waals surface area contributed by atoms with E-state index in [4.69, 9.17) is 23.2 Å². The molecule has 2 fully saturated rings. The van der Waals surface area contributed by atoms with Gasteiger partial charge < -0.3 is 4.90 Å². The van der Waals surface area contributed by atoms with Gasteiger partial charge in [0.2, 0.25) is 15.9 Å². The number of aryl methyl sites for hydroxylation is 2. The highest BCUT2D eigenvalue weighted by Crippen LogP contribution is 2.64. The van der Waals surface area contributed by atoms with Gasteiger partial charge >= 0.3 is 0 Å². The Kier molecular flexibility index (Phi) is 4.34. The predicted molar refractivity (Wildman–Crippen MR) is 101 cm³/mol. The van der Waals surface area contributed by atoms with Gasteiger partial charge in [0.25, 0.3) is 0 Å². The summed E-state index contributed by atoms with van der Waals surface area (Å²) >= 11 is 12.2. The molecular formula is C18H22Cl2N2O3S. The monoisotopic (exact) mass is 416 g/mol. The van der Waals surface area contributed by atoms with Crippen molar-refractivity contribution in [2.45, 2.75) is 41.8 Å². The molecular weight excluding hydrogens is 395 g/mol. The van der Waals surface area contributed by atoms with Crippen LogP contribution in [0.2, 0.25) is 0 Å². The van der Waals surface area contributed by atoms with Gasteiger partial charge in [-0.1, -0.05) is 6.07 Å². The van der Waals surface area contributed by atoms with E-state index >= 15 is 0 Å². The number of carbonyl (C=O) groups is 1. The van der Waals surface area contributed by atoms with Crippen LogP contribution in [0.4, 0.5) is 0 Å². The molecule has 0 spiro atoms. The van der Waals surface area contributed by atoms with E-state index < -0.39 is 19.8 Å². The first-order valence-corrected chi connectivity index (χ1v) is 11.1. The highest BCUT2D eigenvalue weighted by atomic mass is 35.5. The Hall–Kier alpha value is -0.820. The maximum absolute atomic E-state index is 13.0. The molecule has 8 heteroatoms. The lowest BCUT2D eigenvalue weighted by Gasteiger charge is -2.35. The van der Waals surface area contributed by atoms with E-state index in [0.717, 1.165) is 24.8 Å². The molecule has 0 N–H and O–H groups in total. The molecule has 1 aromatic carbocycles. The fourth-order valence-electron chi connectivity index (χ4n) is 3.97. The topological polar surface area (TPSA) is 57.7 Å². The summed E-state index contributed by atoms with van der Waals surface area (Å²) in [5.74, 6) is -0.0860. The quantitative estimate of drug-likeness (QED) is 0.711. The third kappa shape index (κ3) is 2.86. The summed E-state index contributed by atoms with van der Waals surface area (Å²) in [4.78, 5) is 14.7.